The largest absolute Gasteiger partial charge is 0.507 e. The van der Waals surface area contributed by atoms with Crippen LogP contribution in [0.5, 0.6) is 5.75 Å². The number of ketones is 1. The number of aliphatic hydroxyl groups is 1. The van der Waals surface area contributed by atoms with Gasteiger partial charge in [0.2, 0.25) is 0 Å². The molecule has 0 spiro atoms. The number of amides is 1. The molecule has 35 heavy (non-hydrogen) atoms. The highest BCUT2D eigenvalue weighted by Crippen LogP contribution is 2.44. The van der Waals surface area contributed by atoms with Gasteiger partial charge in [-0.05, 0) is 60.4 Å². The Morgan fingerprint density at radius 1 is 1.09 bits per heavy atom. The van der Waals surface area contributed by atoms with E-state index in [1.807, 2.05) is 20.8 Å². The van der Waals surface area contributed by atoms with E-state index in [2.05, 4.69) is 4.98 Å². The zero-order chi connectivity index (χ0) is 25.5. The third-order valence-electron chi connectivity index (χ3n) is 6.19. The molecule has 4 rings (SSSR count). The SMILES string of the molecule is COc1ccc(/C(O)=C2\C(=O)C(=O)N(c3cccc(Cl)c3C)C2c2ccccn2)cc1C(C)(C)C. The van der Waals surface area contributed by atoms with Crippen molar-refractivity contribution < 1.29 is 19.4 Å². The van der Waals surface area contributed by atoms with E-state index in [-0.39, 0.29) is 16.7 Å². The number of carbonyl (C=O) groups is 2. The minimum absolute atomic E-state index is 0.0295. The van der Waals surface area contributed by atoms with Crippen molar-refractivity contribution in [1.82, 2.24) is 4.98 Å². The fraction of sp³-hybridized carbons (Fsp3) is 0.250. The van der Waals surface area contributed by atoms with Crippen LogP contribution in [0.3, 0.4) is 0 Å². The zero-order valence-corrected chi connectivity index (χ0v) is 21.1. The van der Waals surface area contributed by atoms with Gasteiger partial charge in [-0.2, -0.15) is 0 Å². The van der Waals surface area contributed by atoms with Crippen molar-refractivity contribution in [2.45, 2.75) is 39.2 Å². The summed E-state index contributed by atoms with van der Waals surface area (Å²) < 4.78 is 5.51. The van der Waals surface area contributed by atoms with Gasteiger partial charge >= 0.3 is 0 Å². The number of Topliss-reactive ketones (excluding diaryl/α,β-unsaturated/α-hetero) is 1. The molecular formula is C28H27ClN2O4. The molecule has 7 heteroatoms. The minimum atomic E-state index is -0.923. The number of rotatable bonds is 4. The van der Waals surface area contributed by atoms with Crippen LogP contribution in [0, 0.1) is 6.92 Å². The van der Waals surface area contributed by atoms with Gasteiger partial charge in [-0.1, -0.05) is 44.5 Å². The number of methoxy groups -OCH3 is 1. The molecule has 1 unspecified atom stereocenters. The molecule has 1 amide bonds. The second kappa shape index (κ2) is 9.19. The van der Waals surface area contributed by atoms with Gasteiger partial charge in [0.05, 0.1) is 18.4 Å². The molecule has 1 fully saturated rings. The maximum atomic E-state index is 13.4. The Kier molecular flexibility index (Phi) is 6.43. The van der Waals surface area contributed by atoms with Gasteiger partial charge < -0.3 is 9.84 Å². The van der Waals surface area contributed by atoms with Gasteiger partial charge in [0.15, 0.2) is 0 Å². The number of carbonyl (C=O) groups excluding carboxylic acids is 2. The van der Waals surface area contributed by atoms with Gasteiger partial charge in [-0.25, -0.2) is 0 Å². The Labute approximate surface area is 209 Å². The first kappa shape index (κ1) is 24.5. The van der Waals surface area contributed by atoms with Crippen LogP contribution in [0.25, 0.3) is 5.76 Å². The topological polar surface area (TPSA) is 79.7 Å². The molecule has 1 atom stereocenters. The summed E-state index contributed by atoms with van der Waals surface area (Å²) in [7, 11) is 1.59. The third-order valence-corrected chi connectivity index (χ3v) is 6.60. The van der Waals surface area contributed by atoms with Crippen LogP contribution >= 0.6 is 11.6 Å². The summed E-state index contributed by atoms with van der Waals surface area (Å²) in [5.74, 6) is -1.14. The lowest BCUT2D eigenvalue weighted by Gasteiger charge is -2.26. The molecule has 180 valence electrons. The maximum Gasteiger partial charge on any atom is 0.300 e. The zero-order valence-electron chi connectivity index (χ0n) is 20.3. The summed E-state index contributed by atoms with van der Waals surface area (Å²) in [5.41, 5.74) is 2.55. The number of hydrogen-bond acceptors (Lipinski definition) is 5. The van der Waals surface area contributed by atoms with Gasteiger partial charge in [0, 0.05) is 28.0 Å². The summed E-state index contributed by atoms with van der Waals surface area (Å²) in [6, 6.07) is 14.7. The molecule has 1 saturated heterocycles. The highest BCUT2D eigenvalue weighted by molar-refractivity contribution is 6.52. The lowest BCUT2D eigenvalue weighted by molar-refractivity contribution is -0.132. The Hall–Kier alpha value is -3.64. The highest BCUT2D eigenvalue weighted by Gasteiger charge is 2.48. The molecule has 2 aromatic carbocycles. The number of hydrogen-bond donors (Lipinski definition) is 1. The predicted octanol–water partition coefficient (Wildman–Crippen LogP) is 5.98. The number of halogens is 1. The van der Waals surface area contributed by atoms with Crippen molar-refractivity contribution in [2.24, 2.45) is 0 Å². The van der Waals surface area contributed by atoms with E-state index in [4.69, 9.17) is 16.3 Å². The van der Waals surface area contributed by atoms with Crippen LogP contribution in [0.4, 0.5) is 5.69 Å². The molecular weight excluding hydrogens is 464 g/mol. The van der Waals surface area contributed by atoms with Crippen LogP contribution in [0.15, 0.2) is 66.4 Å². The average molecular weight is 491 g/mol. The minimum Gasteiger partial charge on any atom is -0.507 e. The van der Waals surface area contributed by atoms with Crippen molar-refractivity contribution in [3.05, 3.63) is 93.8 Å². The molecule has 3 aromatic rings. The van der Waals surface area contributed by atoms with E-state index in [9.17, 15) is 14.7 Å². The van der Waals surface area contributed by atoms with Crippen molar-refractivity contribution in [3.63, 3.8) is 0 Å². The molecule has 0 bridgehead atoms. The molecule has 0 radical (unpaired) electrons. The van der Waals surface area contributed by atoms with Crippen molar-refractivity contribution in [1.29, 1.82) is 0 Å². The van der Waals surface area contributed by atoms with Crippen LogP contribution < -0.4 is 9.64 Å². The maximum absolute atomic E-state index is 13.4. The number of pyridine rings is 1. The number of benzene rings is 2. The lowest BCUT2D eigenvalue weighted by Crippen LogP contribution is -2.30. The molecule has 2 heterocycles. The lowest BCUT2D eigenvalue weighted by atomic mass is 9.84. The number of ether oxygens (including phenoxy) is 1. The number of anilines is 1. The Balaban J connectivity index is 1.98. The fourth-order valence-electron chi connectivity index (χ4n) is 4.35. The molecule has 0 saturated carbocycles. The Bertz CT molecular complexity index is 1340. The van der Waals surface area contributed by atoms with E-state index in [0.29, 0.717) is 33.3 Å². The van der Waals surface area contributed by atoms with E-state index in [1.165, 1.54) is 4.90 Å². The van der Waals surface area contributed by atoms with Crippen molar-refractivity contribution >= 4 is 34.7 Å². The predicted molar refractivity (Wildman–Crippen MR) is 137 cm³/mol. The monoisotopic (exact) mass is 490 g/mol. The van der Waals surface area contributed by atoms with Crippen LogP contribution in [-0.4, -0.2) is 28.9 Å². The Morgan fingerprint density at radius 3 is 2.46 bits per heavy atom. The van der Waals surface area contributed by atoms with Gasteiger partial charge in [0.25, 0.3) is 11.7 Å². The first-order valence-corrected chi connectivity index (χ1v) is 11.6. The van der Waals surface area contributed by atoms with E-state index in [1.54, 1.807) is 74.8 Å². The van der Waals surface area contributed by atoms with E-state index < -0.39 is 17.7 Å². The van der Waals surface area contributed by atoms with E-state index >= 15 is 0 Å². The third kappa shape index (κ3) is 4.30. The van der Waals surface area contributed by atoms with Gasteiger partial charge in [-0.3, -0.25) is 19.5 Å². The second-order valence-electron chi connectivity index (χ2n) is 9.47. The summed E-state index contributed by atoms with van der Waals surface area (Å²) >= 11 is 6.34. The van der Waals surface area contributed by atoms with E-state index in [0.717, 1.165) is 5.56 Å². The molecule has 6 nitrogen and oxygen atoms in total. The summed E-state index contributed by atoms with van der Waals surface area (Å²) in [4.78, 5) is 32.6. The average Bonchev–Trinajstić information content (AvgIpc) is 3.10. The first-order valence-electron chi connectivity index (χ1n) is 11.2. The molecule has 1 aliphatic rings. The van der Waals surface area contributed by atoms with Crippen LogP contribution in [-0.2, 0) is 15.0 Å². The van der Waals surface area contributed by atoms with Gasteiger partial charge in [0.1, 0.15) is 17.6 Å². The quantitative estimate of drug-likeness (QED) is 0.276. The van der Waals surface area contributed by atoms with Crippen molar-refractivity contribution in [3.8, 4) is 5.75 Å². The van der Waals surface area contributed by atoms with Crippen LogP contribution in [0.2, 0.25) is 5.02 Å². The Morgan fingerprint density at radius 2 is 1.83 bits per heavy atom. The number of aromatic nitrogens is 1. The van der Waals surface area contributed by atoms with Crippen molar-refractivity contribution in [2.75, 3.05) is 12.0 Å². The smallest absolute Gasteiger partial charge is 0.300 e. The molecule has 1 N–H and O–H groups in total. The molecule has 1 aromatic heterocycles. The van der Waals surface area contributed by atoms with Gasteiger partial charge in [-0.15, -0.1) is 0 Å². The highest BCUT2D eigenvalue weighted by atomic mass is 35.5. The summed E-state index contributed by atoms with van der Waals surface area (Å²) in [5, 5.41) is 11.9. The molecule has 0 aliphatic carbocycles. The summed E-state index contributed by atoms with van der Waals surface area (Å²) in [6.07, 6.45) is 1.59. The number of aliphatic hydroxyl groups excluding tert-OH is 1. The molecule has 1 aliphatic heterocycles. The normalized spacial score (nSPS) is 17.7. The fourth-order valence-corrected chi connectivity index (χ4v) is 4.52. The standard InChI is InChI=1S/C28H27ClN2O4/c1-16-19(29)9-8-11-21(16)31-24(20-10-6-7-14-30-20)23(26(33)27(31)34)25(32)17-12-13-22(35-5)18(15-17)28(2,3)4/h6-15,24,32H,1-5H3/b25-23+. The summed E-state index contributed by atoms with van der Waals surface area (Å²) in [6.45, 7) is 7.88. The van der Waals surface area contributed by atoms with Crippen LogP contribution in [0.1, 0.15) is 49.2 Å². The second-order valence-corrected chi connectivity index (χ2v) is 9.88. The first-order chi connectivity index (χ1) is 16.6. The number of nitrogens with zero attached hydrogens (tertiary/aromatic N) is 2.